The summed E-state index contributed by atoms with van der Waals surface area (Å²) in [5.74, 6) is 0. The second kappa shape index (κ2) is 6.18. The van der Waals surface area contributed by atoms with Crippen molar-refractivity contribution in [3.8, 4) is 0 Å². The minimum absolute atomic E-state index is 0.129. The summed E-state index contributed by atoms with van der Waals surface area (Å²) in [4.78, 5) is 19.5. The monoisotopic (exact) mass is 357 g/mol. The topological polar surface area (TPSA) is 132 Å². The predicted octanol–water partition coefficient (Wildman–Crippen LogP) is 2.96. The molecule has 0 aliphatic carbocycles. The number of hydrogen-bond donors (Lipinski definition) is 1. The lowest BCUT2D eigenvalue weighted by Crippen LogP contribution is -2.15. The number of sulfonamides is 1. The number of nitrogens with one attached hydrogen (secondary N) is 1. The van der Waals surface area contributed by atoms with Crippen LogP contribution < -0.4 is 4.72 Å². The summed E-state index contributed by atoms with van der Waals surface area (Å²) in [5.41, 5.74) is -1.04. The second-order valence-corrected chi connectivity index (χ2v) is 6.31. The van der Waals surface area contributed by atoms with Crippen molar-refractivity contribution in [2.45, 2.75) is 4.90 Å². The molecule has 2 rings (SSSR count). The lowest BCUT2D eigenvalue weighted by Gasteiger charge is -2.09. The van der Waals surface area contributed by atoms with Crippen LogP contribution >= 0.6 is 11.6 Å². The highest BCUT2D eigenvalue weighted by atomic mass is 35.5. The number of nitro benzene ring substituents is 2. The molecule has 23 heavy (non-hydrogen) atoms. The molecule has 11 heteroatoms. The normalized spacial score (nSPS) is 11.0. The van der Waals surface area contributed by atoms with Crippen LogP contribution in [0.1, 0.15) is 0 Å². The Morgan fingerprint density at radius 2 is 1.65 bits per heavy atom. The highest BCUT2D eigenvalue weighted by Crippen LogP contribution is 2.30. The Kier molecular flexibility index (Phi) is 4.48. The Morgan fingerprint density at radius 3 is 2.22 bits per heavy atom. The van der Waals surface area contributed by atoms with Gasteiger partial charge in [0.05, 0.1) is 20.6 Å². The molecule has 0 saturated heterocycles. The molecule has 2 aromatic rings. The van der Waals surface area contributed by atoms with Crippen LogP contribution in [0.25, 0.3) is 0 Å². The van der Waals surface area contributed by atoms with Crippen LogP contribution in [0.2, 0.25) is 5.02 Å². The number of rotatable bonds is 5. The van der Waals surface area contributed by atoms with E-state index in [1.165, 1.54) is 12.1 Å². The minimum Gasteiger partial charge on any atom is -0.278 e. The molecule has 0 saturated carbocycles. The number of benzene rings is 2. The number of non-ortho nitro benzene ring substituents is 1. The molecule has 0 heterocycles. The molecule has 2 aromatic carbocycles. The second-order valence-electron chi connectivity index (χ2n) is 4.25. The Bertz CT molecular complexity index is 899. The van der Waals surface area contributed by atoms with Crippen LogP contribution in [0, 0.1) is 20.2 Å². The van der Waals surface area contributed by atoms with Gasteiger partial charge in [-0.3, -0.25) is 25.0 Å². The Hall–Kier alpha value is -2.72. The Balaban J connectivity index is 2.44. The van der Waals surface area contributed by atoms with E-state index in [4.69, 9.17) is 11.6 Å². The van der Waals surface area contributed by atoms with Crippen molar-refractivity contribution >= 4 is 38.7 Å². The molecule has 120 valence electrons. The van der Waals surface area contributed by atoms with Crippen LogP contribution in [-0.2, 0) is 10.0 Å². The first kappa shape index (κ1) is 16.6. The van der Waals surface area contributed by atoms with Gasteiger partial charge in [0.25, 0.3) is 21.4 Å². The fraction of sp³-hybridized carbons (Fsp3) is 0. The van der Waals surface area contributed by atoms with Gasteiger partial charge in [0.1, 0.15) is 0 Å². The van der Waals surface area contributed by atoms with Gasteiger partial charge in [0.2, 0.25) is 0 Å². The summed E-state index contributed by atoms with van der Waals surface area (Å²) in [7, 11) is -4.29. The first-order chi connectivity index (χ1) is 10.7. The van der Waals surface area contributed by atoms with Crippen molar-refractivity contribution < 1.29 is 18.3 Å². The van der Waals surface area contributed by atoms with E-state index >= 15 is 0 Å². The zero-order valence-electron chi connectivity index (χ0n) is 11.2. The number of nitro groups is 2. The van der Waals surface area contributed by atoms with Crippen molar-refractivity contribution in [3.05, 3.63) is 67.7 Å². The Morgan fingerprint density at radius 1 is 1.00 bits per heavy atom. The molecule has 1 N–H and O–H groups in total. The summed E-state index contributed by atoms with van der Waals surface area (Å²) in [6.07, 6.45) is 0. The van der Waals surface area contributed by atoms with Gasteiger partial charge in [0.15, 0.2) is 4.90 Å². The third kappa shape index (κ3) is 3.55. The van der Waals surface area contributed by atoms with Crippen LogP contribution in [0.4, 0.5) is 17.1 Å². The molecule has 0 aliphatic rings. The van der Waals surface area contributed by atoms with Crippen molar-refractivity contribution in [3.63, 3.8) is 0 Å². The first-order valence-electron chi connectivity index (χ1n) is 5.92. The molecule has 0 bridgehead atoms. The maximum atomic E-state index is 12.3. The average molecular weight is 358 g/mol. The van der Waals surface area contributed by atoms with Crippen LogP contribution in [-0.4, -0.2) is 18.3 Å². The van der Waals surface area contributed by atoms with E-state index < -0.39 is 30.5 Å². The van der Waals surface area contributed by atoms with Crippen molar-refractivity contribution in [2.24, 2.45) is 0 Å². The van der Waals surface area contributed by atoms with Gasteiger partial charge in [-0.1, -0.05) is 23.7 Å². The van der Waals surface area contributed by atoms with Gasteiger partial charge in [0, 0.05) is 18.2 Å². The van der Waals surface area contributed by atoms with Gasteiger partial charge in [-0.15, -0.1) is 0 Å². The molecule has 0 spiro atoms. The molecule has 0 fully saturated rings. The third-order valence-corrected chi connectivity index (χ3v) is 4.48. The fourth-order valence-corrected chi connectivity index (χ4v) is 3.27. The summed E-state index contributed by atoms with van der Waals surface area (Å²) in [6.45, 7) is 0. The molecule has 0 atom stereocenters. The fourth-order valence-electron chi connectivity index (χ4n) is 1.74. The maximum Gasteiger partial charge on any atom is 0.289 e. The summed E-state index contributed by atoms with van der Waals surface area (Å²) in [5, 5.41) is 21.3. The largest absolute Gasteiger partial charge is 0.289 e. The first-order valence-corrected chi connectivity index (χ1v) is 7.78. The van der Waals surface area contributed by atoms with Gasteiger partial charge in [-0.25, -0.2) is 8.42 Å². The molecule has 0 aliphatic heterocycles. The maximum absolute atomic E-state index is 12.3. The SMILES string of the molecule is O=[N+]([O-])c1ccc(NS(=O)(=O)c2ccccc2[N+](=O)[O-])c(Cl)c1. The molecule has 0 amide bonds. The number of anilines is 1. The highest BCUT2D eigenvalue weighted by Gasteiger charge is 2.26. The smallest absolute Gasteiger partial charge is 0.278 e. The number of nitrogens with zero attached hydrogens (tertiary/aromatic N) is 2. The average Bonchev–Trinajstić information content (AvgIpc) is 2.49. The predicted molar refractivity (Wildman–Crippen MR) is 82.0 cm³/mol. The third-order valence-electron chi connectivity index (χ3n) is 2.76. The minimum atomic E-state index is -4.29. The Labute approximate surface area is 134 Å². The zero-order chi connectivity index (χ0) is 17.2. The van der Waals surface area contributed by atoms with Crippen LogP contribution in [0.3, 0.4) is 0 Å². The van der Waals surface area contributed by atoms with Gasteiger partial charge in [-0.2, -0.15) is 0 Å². The van der Waals surface area contributed by atoms with Crippen molar-refractivity contribution in [1.29, 1.82) is 0 Å². The van der Waals surface area contributed by atoms with E-state index in [0.29, 0.717) is 0 Å². The van der Waals surface area contributed by atoms with E-state index in [1.807, 2.05) is 0 Å². The van der Waals surface area contributed by atoms with Gasteiger partial charge >= 0.3 is 0 Å². The standard InChI is InChI=1S/C12H8ClN3O6S/c13-9-7-8(15(17)18)5-6-10(9)14-23(21,22)12-4-2-1-3-11(12)16(19)20/h1-7,14H. The van der Waals surface area contributed by atoms with Crippen LogP contribution in [0.15, 0.2) is 47.4 Å². The number of hydrogen-bond acceptors (Lipinski definition) is 6. The van der Waals surface area contributed by atoms with Gasteiger partial charge < -0.3 is 0 Å². The lowest BCUT2D eigenvalue weighted by atomic mass is 10.3. The number of halogens is 1. The molecular formula is C12H8ClN3O6S. The zero-order valence-corrected chi connectivity index (χ0v) is 12.7. The van der Waals surface area contributed by atoms with E-state index in [9.17, 15) is 28.6 Å². The molecular weight excluding hydrogens is 350 g/mol. The van der Waals surface area contributed by atoms with E-state index in [-0.39, 0.29) is 16.4 Å². The quantitative estimate of drug-likeness (QED) is 0.646. The van der Waals surface area contributed by atoms with E-state index in [2.05, 4.69) is 4.72 Å². The van der Waals surface area contributed by atoms with E-state index in [0.717, 1.165) is 30.3 Å². The van der Waals surface area contributed by atoms with E-state index in [1.54, 1.807) is 0 Å². The molecule has 0 radical (unpaired) electrons. The molecule has 0 aromatic heterocycles. The summed E-state index contributed by atoms with van der Waals surface area (Å²) >= 11 is 5.80. The molecule has 9 nitrogen and oxygen atoms in total. The number of para-hydroxylation sites is 1. The lowest BCUT2D eigenvalue weighted by molar-refractivity contribution is -0.387. The van der Waals surface area contributed by atoms with Crippen molar-refractivity contribution in [2.75, 3.05) is 4.72 Å². The van der Waals surface area contributed by atoms with Gasteiger partial charge in [-0.05, 0) is 12.1 Å². The van der Waals surface area contributed by atoms with Crippen molar-refractivity contribution in [1.82, 2.24) is 0 Å². The highest BCUT2D eigenvalue weighted by molar-refractivity contribution is 7.92. The molecule has 0 unspecified atom stereocenters. The summed E-state index contributed by atoms with van der Waals surface area (Å²) in [6, 6.07) is 7.91. The summed E-state index contributed by atoms with van der Waals surface area (Å²) < 4.78 is 26.7. The van der Waals surface area contributed by atoms with Crippen LogP contribution in [0.5, 0.6) is 0 Å².